The predicted molar refractivity (Wildman–Crippen MR) is 95.0 cm³/mol. The number of nitrogens with zero attached hydrogens (tertiary/aromatic N) is 3. The number of hydrogen-bond acceptors (Lipinski definition) is 5. The second-order valence-electron chi connectivity index (χ2n) is 4.61. The Morgan fingerprint density at radius 2 is 2.35 bits per heavy atom. The predicted octanol–water partition coefficient (Wildman–Crippen LogP) is 3.46. The Morgan fingerprint density at radius 1 is 1.52 bits per heavy atom. The Balaban J connectivity index is 1.86. The number of methoxy groups -OCH3 is 1. The zero-order valence-electron chi connectivity index (χ0n) is 12.5. The van der Waals surface area contributed by atoms with Crippen LogP contribution in [0.1, 0.15) is 6.42 Å². The summed E-state index contributed by atoms with van der Waals surface area (Å²) in [5, 5.41) is 11.9. The summed E-state index contributed by atoms with van der Waals surface area (Å²) >= 11 is 10.7. The van der Waals surface area contributed by atoms with Crippen molar-refractivity contribution < 1.29 is 9.53 Å². The third-order valence-electron chi connectivity index (χ3n) is 2.87. The number of carbonyl (C=O) groups excluding carboxylic acids is 1. The van der Waals surface area contributed by atoms with Crippen LogP contribution in [0.2, 0.25) is 5.02 Å². The molecule has 0 aliphatic rings. The molecule has 0 radical (unpaired) electrons. The number of thioether (sulfide) groups is 1. The van der Waals surface area contributed by atoms with Crippen LogP contribution in [0.15, 0.2) is 34.2 Å². The molecule has 124 valence electrons. The van der Waals surface area contributed by atoms with Gasteiger partial charge in [-0.3, -0.25) is 4.79 Å². The van der Waals surface area contributed by atoms with Crippen molar-refractivity contribution in [3.8, 4) is 0 Å². The maximum absolute atomic E-state index is 12.0. The first-order valence-electron chi connectivity index (χ1n) is 6.84. The molecule has 9 heteroatoms. The average Bonchev–Trinajstić information content (AvgIpc) is 2.96. The van der Waals surface area contributed by atoms with Gasteiger partial charge in [-0.05, 0) is 24.6 Å². The maximum Gasteiger partial charge on any atom is 0.234 e. The van der Waals surface area contributed by atoms with E-state index in [1.54, 1.807) is 25.6 Å². The van der Waals surface area contributed by atoms with Crippen LogP contribution in [0.5, 0.6) is 0 Å². The lowest BCUT2D eigenvalue weighted by Crippen LogP contribution is -2.15. The second-order valence-corrected chi connectivity index (χ2v) is 6.88. The number of aryl methyl sites for hydroxylation is 1. The first kappa shape index (κ1) is 18.3. The largest absolute Gasteiger partial charge is 0.385 e. The molecule has 1 amide bonds. The van der Waals surface area contributed by atoms with Crippen LogP contribution in [0.3, 0.4) is 0 Å². The Hall–Kier alpha value is -1.09. The number of benzene rings is 1. The molecular weight excluding hydrogens is 404 g/mol. The third-order valence-corrected chi connectivity index (χ3v) is 4.65. The van der Waals surface area contributed by atoms with Crippen molar-refractivity contribution in [1.82, 2.24) is 14.8 Å². The summed E-state index contributed by atoms with van der Waals surface area (Å²) < 4.78 is 7.79. The molecule has 0 saturated carbocycles. The molecule has 0 aliphatic heterocycles. The minimum atomic E-state index is -0.148. The van der Waals surface area contributed by atoms with Gasteiger partial charge in [0, 0.05) is 24.7 Å². The highest BCUT2D eigenvalue weighted by Gasteiger charge is 2.10. The normalized spacial score (nSPS) is 10.7. The summed E-state index contributed by atoms with van der Waals surface area (Å²) in [6.07, 6.45) is 2.52. The van der Waals surface area contributed by atoms with Crippen molar-refractivity contribution >= 4 is 50.9 Å². The van der Waals surface area contributed by atoms with Crippen LogP contribution in [-0.4, -0.2) is 40.1 Å². The third kappa shape index (κ3) is 5.80. The van der Waals surface area contributed by atoms with E-state index >= 15 is 0 Å². The molecule has 0 bridgehead atoms. The number of amides is 1. The first-order valence-corrected chi connectivity index (χ1v) is 9.00. The van der Waals surface area contributed by atoms with E-state index in [9.17, 15) is 4.79 Å². The van der Waals surface area contributed by atoms with E-state index in [4.69, 9.17) is 16.3 Å². The molecule has 2 aromatic rings. The highest BCUT2D eigenvalue weighted by molar-refractivity contribution is 9.10. The van der Waals surface area contributed by atoms with Crippen molar-refractivity contribution in [2.24, 2.45) is 0 Å². The summed E-state index contributed by atoms with van der Waals surface area (Å²) in [7, 11) is 1.67. The lowest BCUT2D eigenvalue weighted by molar-refractivity contribution is -0.113. The van der Waals surface area contributed by atoms with Gasteiger partial charge < -0.3 is 14.6 Å². The van der Waals surface area contributed by atoms with Crippen LogP contribution < -0.4 is 5.32 Å². The number of halogens is 2. The van der Waals surface area contributed by atoms with Crippen LogP contribution in [-0.2, 0) is 16.1 Å². The number of ether oxygens (including phenoxy) is 1. The summed E-state index contributed by atoms with van der Waals surface area (Å²) in [5.41, 5.74) is 0.585. The van der Waals surface area contributed by atoms with Gasteiger partial charge in [-0.1, -0.05) is 39.3 Å². The van der Waals surface area contributed by atoms with E-state index < -0.39 is 0 Å². The standard InChI is InChI=1S/C14H16BrClN4O2S/c1-22-6-2-5-20-9-17-19-14(20)23-8-13(21)18-12-4-3-10(15)7-11(12)16/h3-4,7,9H,2,5-6,8H2,1H3,(H,18,21). The van der Waals surface area contributed by atoms with Gasteiger partial charge in [0.1, 0.15) is 6.33 Å². The number of rotatable bonds is 8. The minimum Gasteiger partial charge on any atom is -0.385 e. The van der Waals surface area contributed by atoms with Crippen molar-refractivity contribution in [1.29, 1.82) is 0 Å². The van der Waals surface area contributed by atoms with Gasteiger partial charge >= 0.3 is 0 Å². The molecule has 0 unspecified atom stereocenters. The molecule has 0 saturated heterocycles. The number of nitrogens with one attached hydrogen (secondary N) is 1. The molecule has 0 atom stereocenters. The van der Waals surface area contributed by atoms with Gasteiger partial charge in [0.25, 0.3) is 0 Å². The molecule has 0 spiro atoms. The fourth-order valence-corrected chi connectivity index (χ4v) is 3.26. The quantitative estimate of drug-likeness (QED) is 0.524. The summed E-state index contributed by atoms with van der Waals surface area (Å²) in [6, 6.07) is 5.31. The van der Waals surface area contributed by atoms with Crippen molar-refractivity contribution in [3.63, 3.8) is 0 Å². The van der Waals surface area contributed by atoms with Gasteiger partial charge in [-0.2, -0.15) is 0 Å². The van der Waals surface area contributed by atoms with E-state index in [1.807, 2.05) is 10.6 Å². The number of carbonyl (C=O) groups is 1. The van der Waals surface area contributed by atoms with E-state index in [-0.39, 0.29) is 11.7 Å². The summed E-state index contributed by atoms with van der Waals surface area (Å²) in [6.45, 7) is 1.42. The molecule has 1 aromatic carbocycles. The van der Waals surface area contributed by atoms with Gasteiger partial charge in [-0.15, -0.1) is 10.2 Å². The number of aromatic nitrogens is 3. The van der Waals surface area contributed by atoms with Crippen LogP contribution in [0.4, 0.5) is 5.69 Å². The Morgan fingerprint density at radius 3 is 3.09 bits per heavy atom. The van der Waals surface area contributed by atoms with Crippen molar-refractivity contribution in [2.75, 3.05) is 24.8 Å². The number of hydrogen-bond donors (Lipinski definition) is 1. The van der Waals surface area contributed by atoms with Gasteiger partial charge in [0.05, 0.1) is 16.5 Å². The van der Waals surface area contributed by atoms with Crippen molar-refractivity contribution in [2.45, 2.75) is 18.1 Å². The number of anilines is 1. The van der Waals surface area contributed by atoms with Gasteiger partial charge in [0.2, 0.25) is 5.91 Å². The molecule has 23 heavy (non-hydrogen) atoms. The SMILES string of the molecule is COCCCn1cnnc1SCC(=O)Nc1ccc(Br)cc1Cl. The summed E-state index contributed by atoms with van der Waals surface area (Å²) in [5.74, 6) is 0.0840. The van der Waals surface area contributed by atoms with E-state index in [0.29, 0.717) is 22.5 Å². The van der Waals surface area contributed by atoms with Gasteiger partial charge in [0.15, 0.2) is 5.16 Å². The molecule has 0 fully saturated rings. The van der Waals surface area contributed by atoms with Crippen LogP contribution >= 0.6 is 39.3 Å². The van der Waals surface area contributed by atoms with Crippen LogP contribution in [0, 0.1) is 0 Å². The fourth-order valence-electron chi connectivity index (χ4n) is 1.80. The molecule has 6 nitrogen and oxygen atoms in total. The van der Waals surface area contributed by atoms with Crippen molar-refractivity contribution in [3.05, 3.63) is 34.0 Å². The first-order chi connectivity index (χ1) is 11.1. The molecule has 1 aromatic heterocycles. The highest BCUT2D eigenvalue weighted by Crippen LogP contribution is 2.26. The lowest BCUT2D eigenvalue weighted by atomic mass is 10.3. The van der Waals surface area contributed by atoms with E-state index in [2.05, 4.69) is 31.4 Å². The molecule has 0 aliphatic carbocycles. The molecular formula is C14H16BrClN4O2S. The topological polar surface area (TPSA) is 69.0 Å². The Bertz CT molecular complexity index is 668. The Kier molecular flexibility index (Phi) is 7.35. The highest BCUT2D eigenvalue weighted by atomic mass is 79.9. The zero-order chi connectivity index (χ0) is 16.7. The second kappa shape index (κ2) is 9.27. The summed E-state index contributed by atoms with van der Waals surface area (Å²) in [4.78, 5) is 12.0. The lowest BCUT2D eigenvalue weighted by Gasteiger charge is -2.08. The molecule has 2 rings (SSSR count). The van der Waals surface area contributed by atoms with E-state index in [1.165, 1.54) is 11.8 Å². The molecule has 1 heterocycles. The monoisotopic (exact) mass is 418 g/mol. The Labute approximate surface area is 152 Å². The van der Waals surface area contributed by atoms with Crippen LogP contribution in [0.25, 0.3) is 0 Å². The average molecular weight is 420 g/mol. The smallest absolute Gasteiger partial charge is 0.234 e. The van der Waals surface area contributed by atoms with Gasteiger partial charge in [-0.25, -0.2) is 0 Å². The zero-order valence-corrected chi connectivity index (χ0v) is 15.6. The minimum absolute atomic E-state index is 0.148. The maximum atomic E-state index is 12.0. The van der Waals surface area contributed by atoms with E-state index in [0.717, 1.165) is 17.4 Å². The fraction of sp³-hybridized carbons (Fsp3) is 0.357. The molecule has 1 N–H and O–H groups in total.